The van der Waals surface area contributed by atoms with Crippen LogP contribution in [0.25, 0.3) is 0 Å². The molecule has 1 aromatic heterocycles. The predicted octanol–water partition coefficient (Wildman–Crippen LogP) is 0.589. The van der Waals surface area contributed by atoms with Crippen LogP contribution in [0.3, 0.4) is 0 Å². The lowest BCUT2D eigenvalue weighted by Gasteiger charge is -2.13. The second-order valence-corrected chi connectivity index (χ2v) is 3.55. The second kappa shape index (κ2) is 5.12. The first kappa shape index (κ1) is 11.2. The topological polar surface area (TPSA) is 50.1 Å². The Labute approximate surface area is 84.9 Å². The fourth-order valence-corrected chi connectivity index (χ4v) is 1.31. The Morgan fingerprint density at radius 1 is 1.64 bits per heavy atom. The van der Waals surface area contributed by atoms with Gasteiger partial charge in [0.05, 0.1) is 12.8 Å². The molecule has 0 spiro atoms. The van der Waals surface area contributed by atoms with Gasteiger partial charge in [-0.05, 0) is 13.3 Å². The number of aryl methyl sites for hydroxylation is 1. The molecule has 1 rings (SSSR count). The number of nitrogens with zero attached hydrogens (tertiary/aromatic N) is 2. The molecule has 1 atom stereocenters. The van der Waals surface area contributed by atoms with Crippen molar-refractivity contribution in [2.24, 2.45) is 7.05 Å². The molecule has 0 saturated heterocycles. The Hall–Kier alpha value is -0.870. The van der Waals surface area contributed by atoms with Crippen molar-refractivity contribution in [1.82, 2.24) is 15.1 Å². The zero-order valence-electron chi connectivity index (χ0n) is 9.12. The van der Waals surface area contributed by atoms with Crippen molar-refractivity contribution in [2.75, 3.05) is 6.61 Å². The van der Waals surface area contributed by atoms with E-state index >= 15 is 0 Å². The maximum atomic E-state index is 9.00. The van der Waals surface area contributed by atoms with E-state index in [1.165, 1.54) is 11.3 Å². The summed E-state index contributed by atoms with van der Waals surface area (Å²) in [6.07, 6.45) is 2.81. The van der Waals surface area contributed by atoms with Crippen LogP contribution in [0.2, 0.25) is 0 Å². The largest absolute Gasteiger partial charge is 0.395 e. The highest BCUT2D eigenvalue weighted by atomic mass is 16.3. The highest BCUT2D eigenvalue weighted by Crippen LogP contribution is 2.05. The van der Waals surface area contributed by atoms with Gasteiger partial charge in [0, 0.05) is 30.9 Å². The number of hydrogen-bond donors (Lipinski definition) is 2. The molecule has 1 aromatic rings. The van der Waals surface area contributed by atoms with Gasteiger partial charge in [0.25, 0.3) is 0 Å². The summed E-state index contributed by atoms with van der Waals surface area (Å²) in [7, 11) is 1.93. The van der Waals surface area contributed by atoms with E-state index in [0.717, 1.165) is 13.0 Å². The lowest BCUT2D eigenvalue weighted by Crippen LogP contribution is -2.31. The van der Waals surface area contributed by atoms with E-state index in [-0.39, 0.29) is 12.6 Å². The first-order valence-corrected chi connectivity index (χ1v) is 5.00. The summed E-state index contributed by atoms with van der Waals surface area (Å²) in [6.45, 7) is 5.07. The summed E-state index contributed by atoms with van der Waals surface area (Å²) in [6, 6.07) is 0.189. The summed E-state index contributed by atoms with van der Waals surface area (Å²) in [5, 5.41) is 16.4. The Bertz CT molecular complexity index is 279. The Kier molecular flexibility index (Phi) is 4.10. The Morgan fingerprint density at radius 3 is 2.79 bits per heavy atom. The van der Waals surface area contributed by atoms with Crippen molar-refractivity contribution < 1.29 is 5.11 Å². The van der Waals surface area contributed by atoms with Gasteiger partial charge in [0.1, 0.15) is 0 Å². The van der Waals surface area contributed by atoms with Crippen LogP contribution in [0.5, 0.6) is 0 Å². The van der Waals surface area contributed by atoms with Gasteiger partial charge < -0.3 is 10.4 Å². The molecule has 0 radical (unpaired) electrons. The highest BCUT2D eigenvalue weighted by Gasteiger charge is 2.06. The van der Waals surface area contributed by atoms with Crippen molar-refractivity contribution in [1.29, 1.82) is 0 Å². The fraction of sp³-hybridized carbons (Fsp3) is 0.700. The Morgan fingerprint density at radius 2 is 2.36 bits per heavy atom. The molecule has 0 saturated carbocycles. The van der Waals surface area contributed by atoms with Gasteiger partial charge in [-0.3, -0.25) is 4.68 Å². The zero-order valence-corrected chi connectivity index (χ0v) is 9.12. The molecule has 0 aromatic carbocycles. The fourth-order valence-electron chi connectivity index (χ4n) is 1.31. The van der Waals surface area contributed by atoms with E-state index in [0.29, 0.717) is 0 Å². The van der Waals surface area contributed by atoms with E-state index in [2.05, 4.69) is 17.3 Å². The van der Waals surface area contributed by atoms with Crippen LogP contribution in [0, 0.1) is 6.92 Å². The summed E-state index contributed by atoms with van der Waals surface area (Å²) in [4.78, 5) is 0. The monoisotopic (exact) mass is 197 g/mol. The van der Waals surface area contributed by atoms with Crippen LogP contribution in [0.15, 0.2) is 6.20 Å². The van der Waals surface area contributed by atoms with Crippen LogP contribution in [-0.2, 0) is 13.6 Å². The summed E-state index contributed by atoms with van der Waals surface area (Å²) in [5.74, 6) is 0. The average molecular weight is 197 g/mol. The minimum atomic E-state index is 0.189. The molecule has 0 aliphatic rings. The molecule has 14 heavy (non-hydrogen) atoms. The lowest BCUT2D eigenvalue weighted by atomic mass is 10.2. The van der Waals surface area contributed by atoms with Crippen LogP contribution in [0.1, 0.15) is 24.6 Å². The zero-order chi connectivity index (χ0) is 10.6. The third-order valence-corrected chi connectivity index (χ3v) is 2.63. The Balaban J connectivity index is 2.49. The van der Waals surface area contributed by atoms with Crippen LogP contribution in [0.4, 0.5) is 0 Å². The maximum absolute atomic E-state index is 9.00. The number of aliphatic hydroxyl groups is 1. The average Bonchev–Trinajstić information content (AvgIpc) is 2.51. The van der Waals surface area contributed by atoms with Gasteiger partial charge in [-0.15, -0.1) is 0 Å². The van der Waals surface area contributed by atoms with Gasteiger partial charge in [0.15, 0.2) is 0 Å². The quantitative estimate of drug-likeness (QED) is 0.726. The lowest BCUT2D eigenvalue weighted by molar-refractivity contribution is 0.238. The summed E-state index contributed by atoms with van der Waals surface area (Å²) in [5.41, 5.74) is 2.37. The molecular weight excluding hydrogens is 178 g/mol. The SMILES string of the molecule is CCC(CO)NCc1cnn(C)c1C. The van der Waals surface area contributed by atoms with E-state index in [1.54, 1.807) is 0 Å². The van der Waals surface area contributed by atoms with Crippen molar-refractivity contribution in [2.45, 2.75) is 32.9 Å². The van der Waals surface area contributed by atoms with E-state index in [9.17, 15) is 0 Å². The van der Waals surface area contributed by atoms with Crippen LogP contribution < -0.4 is 5.32 Å². The van der Waals surface area contributed by atoms with Crippen LogP contribution >= 0.6 is 0 Å². The van der Waals surface area contributed by atoms with Crippen LogP contribution in [-0.4, -0.2) is 27.5 Å². The summed E-state index contributed by atoms with van der Waals surface area (Å²) < 4.78 is 1.86. The van der Waals surface area contributed by atoms with Crippen molar-refractivity contribution >= 4 is 0 Å². The van der Waals surface area contributed by atoms with Gasteiger partial charge in [-0.25, -0.2) is 0 Å². The molecule has 1 unspecified atom stereocenters. The molecule has 0 amide bonds. The molecule has 0 aliphatic carbocycles. The van der Waals surface area contributed by atoms with Gasteiger partial charge in [-0.2, -0.15) is 5.10 Å². The van der Waals surface area contributed by atoms with Crippen molar-refractivity contribution in [3.63, 3.8) is 0 Å². The molecule has 0 bridgehead atoms. The first-order chi connectivity index (χ1) is 6.69. The van der Waals surface area contributed by atoms with Gasteiger partial charge in [-0.1, -0.05) is 6.92 Å². The number of hydrogen-bond acceptors (Lipinski definition) is 3. The van der Waals surface area contributed by atoms with Gasteiger partial charge in [0.2, 0.25) is 0 Å². The minimum Gasteiger partial charge on any atom is -0.395 e. The van der Waals surface area contributed by atoms with E-state index < -0.39 is 0 Å². The molecule has 2 N–H and O–H groups in total. The van der Waals surface area contributed by atoms with Crippen molar-refractivity contribution in [3.05, 3.63) is 17.5 Å². The standard InChI is InChI=1S/C10H19N3O/c1-4-10(7-14)11-5-9-6-12-13(3)8(9)2/h6,10-11,14H,4-5,7H2,1-3H3. The number of aliphatic hydroxyl groups excluding tert-OH is 1. The normalized spacial score (nSPS) is 13.1. The molecule has 0 fully saturated rings. The molecular formula is C10H19N3O. The van der Waals surface area contributed by atoms with E-state index in [1.807, 2.05) is 24.9 Å². The second-order valence-electron chi connectivity index (χ2n) is 3.55. The third-order valence-electron chi connectivity index (χ3n) is 2.63. The molecule has 4 nitrogen and oxygen atoms in total. The number of nitrogens with one attached hydrogen (secondary N) is 1. The first-order valence-electron chi connectivity index (χ1n) is 5.00. The predicted molar refractivity (Wildman–Crippen MR) is 55.9 cm³/mol. The summed E-state index contributed by atoms with van der Waals surface area (Å²) >= 11 is 0. The minimum absolute atomic E-state index is 0.189. The van der Waals surface area contributed by atoms with Gasteiger partial charge >= 0.3 is 0 Å². The maximum Gasteiger partial charge on any atom is 0.0584 e. The number of rotatable bonds is 5. The van der Waals surface area contributed by atoms with E-state index in [4.69, 9.17) is 5.11 Å². The molecule has 80 valence electrons. The smallest absolute Gasteiger partial charge is 0.0584 e. The number of aromatic nitrogens is 2. The molecule has 0 aliphatic heterocycles. The highest BCUT2D eigenvalue weighted by molar-refractivity contribution is 5.15. The molecule has 1 heterocycles. The molecule has 4 heteroatoms. The van der Waals surface area contributed by atoms with Crippen molar-refractivity contribution in [3.8, 4) is 0 Å². The third kappa shape index (κ3) is 2.56.